The van der Waals surface area contributed by atoms with Crippen LogP contribution in [0.15, 0.2) is 24.3 Å². The molecule has 0 fully saturated rings. The van der Waals surface area contributed by atoms with Gasteiger partial charge in [0.2, 0.25) is 0 Å². The lowest BCUT2D eigenvalue weighted by atomic mass is 10.1. The van der Waals surface area contributed by atoms with Gasteiger partial charge in [-0.15, -0.1) is 0 Å². The molecule has 106 valence electrons. The Hall–Kier alpha value is -2.10. The first-order valence-corrected chi connectivity index (χ1v) is 6.84. The van der Waals surface area contributed by atoms with Crippen molar-refractivity contribution in [1.82, 2.24) is 15.1 Å². The molecule has 1 heterocycles. The lowest BCUT2D eigenvalue weighted by Crippen LogP contribution is -2.28. The van der Waals surface area contributed by atoms with E-state index in [1.807, 2.05) is 56.6 Å². The van der Waals surface area contributed by atoms with Crippen LogP contribution >= 0.6 is 0 Å². The molecule has 0 spiro atoms. The van der Waals surface area contributed by atoms with E-state index in [0.717, 1.165) is 22.5 Å². The van der Waals surface area contributed by atoms with Crippen LogP contribution in [0.5, 0.6) is 0 Å². The maximum Gasteiger partial charge on any atom is 0.251 e. The van der Waals surface area contributed by atoms with Crippen molar-refractivity contribution in [3.8, 4) is 0 Å². The molecule has 1 amide bonds. The summed E-state index contributed by atoms with van der Waals surface area (Å²) in [6, 6.07) is 7.90. The van der Waals surface area contributed by atoms with Crippen LogP contribution in [0.4, 0.5) is 0 Å². The minimum absolute atomic E-state index is 0.0240. The molecule has 20 heavy (non-hydrogen) atoms. The summed E-state index contributed by atoms with van der Waals surface area (Å²) in [4.78, 5) is 12.1. The minimum Gasteiger partial charge on any atom is -0.350 e. The number of hydrogen-bond donors (Lipinski definition) is 1. The van der Waals surface area contributed by atoms with E-state index in [-0.39, 0.29) is 5.91 Å². The maximum atomic E-state index is 12.1. The Labute approximate surface area is 119 Å². The Morgan fingerprint density at radius 1 is 1.20 bits per heavy atom. The number of carbonyl (C=O) groups excluding carboxylic acids is 1. The fourth-order valence-electron chi connectivity index (χ4n) is 2.34. The van der Waals surface area contributed by atoms with Gasteiger partial charge in [0.25, 0.3) is 5.91 Å². The van der Waals surface area contributed by atoms with E-state index in [0.29, 0.717) is 13.1 Å². The molecule has 0 bridgehead atoms. The number of rotatable bonds is 4. The van der Waals surface area contributed by atoms with Crippen molar-refractivity contribution in [1.29, 1.82) is 0 Å². The third-order valence-electron chi connectivity index (χ3n) is 3.34. The number of nitrogens with one attached hydrogen (secondary N) is 1. The Morgan fingerprint density at radius 3 is 2.55 bits per heavy atom. The van der Waals surface area contributed by atoms with E-state index in [9.17, 15) is 4.79 Å². The van der Waals surface area contributed by atoms with Crippen LogP contribution < -0.4 is 5.32 Å². The Balaban J connectivity index is 1.94. The Morgan fingerprint density at radius 2 is 1.95 bits per heavy atom. The topological polar surface area (TPSA) is 46.9 Å². The van der Waals surface area contributed by atoms with Crippen LogP contribution in [0, 0.1) is 27.7 Å². The summed E-state index contributed by atoms with van der Waals surface area (Å²) >= 11 is 0. The molecular weight excluding hydrogens is 250 g/mol. The summed E-state index contributed by atoms with van der Waals surface area (Å²) in [6.07, 6.45) is 0. The van der Waals surface area contributed by atoms with Crippen molar-refractivity contribution in [3.05, 3.63) is 52.3 Å². The van der Waals surface area contributed by atoms with E-state index in [1.54, 1.807) is 0 Å². The predicted octanol–water partition coefficient (Wildman–Crippen LogP) is 2.55. The molecule has 0 aliphatic carbocycles. The largest absolute Gasteiger partial charge is 0.350 e. The molecule has 4 nitrogen and oxygen atoms in total. The second kappa shape index (κ2) is 5.90. The van der Waals surface area contributed by atoms with Crippen molar-refractivity contribution in [2.75, 3.05) is 6.54 Å². The molecule has 0 saturated carbocycles. The first-order chi connectivity index (χ1) is 9.47. The fourth-order valence-corrected chi connectivity index (χ4v) is 2.34. The van der Waals surface area contributed by atoms with Crippen LogP contribution in [0.3, 0.4) is 0 Å². The van der Waals surface area contributed by atoms with E-state index in [4.69, 9.17) is 0 Å². The first kappa shape index (κ1) is 14.3. The van der Waals surface area contributed by atoms with E-state index in [2.05, 4.69) is 10.4 Å². The van der Waals surface area contributed by atoms with Crippen molar-refractivity contribution in [3.63, 3.8) is 0 Å². The predicted molar refractivity (Wildman–Crippen MR) is 80.0 cm³/mol. The molecule has 2 aromatic rings. The average molecular weight is 271 g/mol. The van der Waals surface area contributed by atoms with Crippen molar-refractivity contribution in [2.24, 2.45) is 0 Å². The van der Waals surface area contributed by atoms with Crippen LogP contribution in [0.2, 0.25) is 0 Å². The van der Waals surface area contributed by atoms with Crippen LogP contribution in [-0.4, -0.2) is 22.2 Å². The summed E-state index contributed by atoms with van der Waals surface area (Å²) < 4.78 is 1.91. The van der Waals surface area contributed by atoms with Gasteiger partial charge in [-0.1, -0.05) is 17.7 Å². The smallest absolute Gasteiger partial charge is 0.251 e. The number of carbonyl (C=O) groups is 1. The van der Waals surface area contributed by atoms with Gasteiger partial charge < -0.3 is 5.32 Å². The molecule has 1 N–H and O–H groups in total. The van der Waals surface area contributed by atoms with Crippen LogP contribution in [-0.2, 0) is 6.54 Å². The molecule has 0 unspecified atom stereocenters. The Kier molecular flexibility index (Phi) is 4.23. The summed E-state index contributed by atoms with van der Waals surface area (Å²) in [6.45, 7) is 9.24. The lowest BCUT2D eigenvalue weighted by Gasteiger charge is -2.09. The summed E-state index contributed by atoms with van der Waals surface area (Å²) in [5.41, 5.74) is 5.03. The van der Waals surface area contributed by atoms with Crippen LogP contribution in [0.25, 0.3) is 0 Å². The first-order valence-electron chi connectivity index (χ1n) is 6.84. The lowest BCUT2D eigenvalue weighted by molar-refractivity contribution is 0.0951. The second-order valence-corrected chi connectivity index (χ2v) is 5.22. The van der Waals surface area contributed by atoms with Crippen molar-refractivity contribution in [2.45, 2.75) is 34.2 Å². The van der Waals surface area contributed by atoms with Gasteiger partial charge in [-0.2, -0.15) is 5.10 Å². The summed E-state index contributed by atoms with van der Waals surface area (Å²) in [5, 5.41) is 7.32. The van der Waals surface area contributed by atoms with E-state index in [1.165, 1.54) is 5.56 Å². The van der Waals surface area contributed by atoms with E-state index < -0.39 is 0 Å². The van der Waals surface area contributed by atoms with E-state index >= 15 is 0 Å². The standard InChI is InChI=1S/C16H21N3O/c1-11-5-6-15(12(2)9-11)16(20)17-7-8-19-14(4)10-13(3)18-19/h5-6,9-10H,7-8H2,1-4H3,(H,17,20). The minimum atomic E-state index is -0.0240. The van der Waals surface area contributed by atoms with Gasteiger partial charge >= 0.3 is 0 Å². The number of amides is 1. The quantitative estimate of drug-likeness (QED) is 0.929. The number of nitrogens with zero attached hydrogens (tertiary/aromatic N) is 2. The highest BCUT2D eigenvalue weighted by Gasteiger charge is 2.08. The summed E-state index contributed by atoms with van der Waals surface area (Å²) in [7, 11) is 0. The van der Waals surface area contributed by atoms with Gasteiger partial charge in [0.15, 0.2) is 0 Å². The number of benzene rings is 1. The van der Waals surface area contributed by atoms with Gasteiger partial charge in [0.1, 0.15) is 0 Å². The third-order valence-corrected chi connectivity index (χ3v) is 3.34. The molecule has 1 aromatic heterocycles. The summed E-state index contributed by atoms with van der Waals surface area (Å²) in [5.74, 6) is -0.0240. The van der Waals surface area contributed by atoms with Gasteiger partial charge in [0, 0.05) is 17.8 Å². The molecule has 0 saturated heterocycles. The monoisotopic (exact) mass is 271 g/mol. The molecule has 0 aliphatic heterocycles. The highest BCUT2D eigenvalue weighted by Crippen LogP contribution is 2.10. The maximum absolute atomic E-state index is 12.1. The molecule has 1 aromatic carbocycles. The highest BCUT2D eigenvalue weighted by molar-refractivity contribution is 5.95. The number of aryl methyl sites for hydroxylation is 4. The van der Waals surface area contributed by atoms with Gasteiger partial charge in [0.05, 0.1) is 12.2 Å². The molecule has 0 atom stereocenters. The van der Waals surface area contributed by atoms with Gasteiger partial charge in [-0.25, -0.2) is 0 Å². The third kappa shape index (κ3) is 3.26. The van der Waals surface area contributed by atoms with Gasteiger partial charge in [-0.05, 0) is 45.4 Å². The highest BCUT2D eigenvalue weighted by atomic mass is 16.1. The fraction of sp³-hybridized carbons (Fsp3) is 0.375. The Bertz CT molecular complexity index is 629. The van der Waals surface area contributed by atoms with Gasteiger partial charge in [-0.3, -0.25) is 9.48 Å². The molecule has 2 rings (SSSR count). The zero-order chi connectivity index (χ0) is 14.7. The average Bonchev–Trinajstić information content (AvgIpc) is 2.67. The molecular formula is C16H21N3O. The van der Waals surface area contributed by atoms with Crippen LogP contribution in [0.1, 0.15) is 32.9 Å². The molecule has 0 radical (unpaired) electrons. The zero-order valence-electron chi connectivity index (χ0n) is 12.5. The second-order valence-electron chi connectivity index (χ2n) is 5.22. The van der Waals surface area contributed by atoms with Crippen molar-refractivity contribution < 1.29 is 4.79 Å². The zero-order valence-corrected chi connectivity index (χ0v) is 12.5. The normalized spacial score (nSPS) is 10.6. The molecule has 0 aliphatic rings. The molecule has 4 heteroatoms. The number of hydrogen-bond acceptors (Lipinski definition) is 2. The number of aromatic nitrogens is 2. The SMILES string of the molecule is Cc1ccc(C(=O)NCCn2nc(C)cc2C)c(C)c1. The van der Waals surface area contributed by atoms with Crippen molar-refractivity contribution >= 4 is 5.91 Å².